The Morgan fingerprint density at radius 3 is 2.74 bits per heavy atom. The van der Waals surface area contributed by atoms with Crippen molar-refractivity contribution in [1.82, 2.24) is 10.2 Å². The maximum Gasteiger partial charge on any atom is 0.237 e. The molecule has 1 atom stereocenters. The van der Waals surface area contributed by atoms with Gasteiger partial charge in [-0.2, -0.15) is 0 Å². The number of thioether (sulfide) groups is 1. The first-order chi connectivity index (χ1) is 9.19. The van der Waals surface area contributed by atoms with Gasteiger partial charge in [-0.1, -0.05) is 42.2 Å². The first-order valence-corrected chi connectivity index (χ1v) is 7.77. The van der Waals surface area contributed by atoms with Crippen LogP contribution in [-0.2, 0) is 11.2 Å². The zero-order chi connectivity index (χ0) is 13.7. The normalized spacial score (nSPS) is 12.1. The highest BCUT2D eigenvalue weighted by Gasteiger charge is 2.16. The number of carbonyl (C=O) groups is 1. The molecule has 1 amide bonds. The molecule has 100 valence electrons. The monoisotopic (exact) mass is 293 g/mol. The fraction of sp³-hybridized carbons (Fsp3) is 0.308. The molecule has 1 aromatic carbocycles. The highest BCUT2D eigenvalue weighted by Crippen LogP contribution is 2.25. The lowest BCUT2D eigenvalue weighted by atomic mass is 10.1. The van der Waals surface area contributed by atoms with E-state index in [2.05, 4.69) is 22.4 Å². The third-order valence-corrected chi connectivity index (χ3v) is 4.53. The number of aryl methyl sites for hydroxylation is 1. The first kappa shape index (κ1) is 14.0. The Morgan fingerprint density at radius 2 is 2.16 bits per heavy atom. The molecule has 0 bridgehead atoms. The van der Waals surface area contributed by atoms with Gasteiger partial charge in [0.25, 0.3) is 0 Å². The minimum Gasteiger partial charge on any atom is -0.325 e. The highest BCUT2D eigenvalue weighted by atomic mass is 32.2. The summed E-state index contributed by atoms with van der Waals surface area (Å²) in [5.74, 6) is -0.0237. The number of nitrogens with one attached hydrogen (secondary N) is 1. The van der Waals surface area contributed by atoms with Crippen molar-refractivity contribution in [3.05, 3.63) is 35.3 Å². The van der Waals surface area contributed by atoms with E-state index >= 15 is 0 Å². The van der Waals surface area contributed by atoms with Crippen LogP contribution in [0.1, 0.15) is 19.4 Å². The van der Waals surface area contributed by atoms with E-state index in [1.54, 1.807) is 5.51 Å². The zero-order valence-electron chi connectivity index (χ0n) is 10.8. The molecule has 0 saturated carbocycles. The van der Waals surface area contributed by atoms with Crippen LogP contribution < -0.4 is 5.32 Å². The van der Waals surface area contributed by atoms with E-state index in [9.17, 15) is 4.79 Å². The van der Waals surface area contributed by atoms with Gasteiger partial charge in [0.2, 0.25) is 5.91 Å². The van der Waals surface area contributed by atoms with E-state index < -0.39 is 0 Å². The number of hydrogen-bond acceptors (Lipinski definition) is 5. The van der Waals surface area contributed by atoms with Crippen LogP contribution in [0.25, 0.3) is 0 Å². The van der Waals surface area contributed by atoms with Crippen molar-refractivity contribution >= 4 is 34.7 Å². The van der Waals surface area contributed by atoms with Crippen molar-refractivity contribution in [2.45, 2.75) is 29.9 Å². The van der Waals surface area contributed by atoms with E-state index in [1.165, 1.54) is 28.7 Å². The molecule has 0 saturated heterocycles. The van der Waals surface area contributed by atoms with Crippen LogP contribution in [0, 0.1) is 0 Å². The molecule has 1 N–H and O–H groups in total. The molecule has 0 aliphatic carbocycles. The maximum atomic E-state index is 12.0. The standard InChI is InChI=1S/C13H15N3OS2/c1-3-10-4-6-11(7-5-10)15-12(17)9(2)19-13-16-14-8-18-13/h4-9H,3H2,1-2H3,(H,15,17)/t9-/m1/s1. The summed E-state index contributed by atoms with van der Waals surface area (Å²) in [5.41, 5.74) is 3.75. The minimum atomic E-state index is -0.196. The Labute approximate surface area is 120 Å². The lowest BCUT2D eigenvalue weighted by Gasteiger charge is -2.10. The SMILES string of the molecule is CCc1ccc(NC(=O)[C@@H](C)Sc2nncs2)cc1. The molecule has 6 heteroatoms. The van der Waals surface area contributed by atoms with E-state index in [-0.39, 0.29) is 11.2 Å². The topological polar surface area (TPSA) is 54.9 Å². The average Bonchev–Trinajstić information content (AvgIpc) is 2.92. The van der Waals surface area contributed by atoms with Crippen LogP contribution in [-0.4, -0.2) is 21.4 Å². The second kappa shape index (κ2) is 6.68. The summed E-state index contributed by atoms with van der Waals surface area (Å²) in [6.45, 7) is 3.97. The number of hydrogen-bond donors (Lipinski definition) is 1. The molecule has 0 fully saturated rings. The third-order valence-electron chi connectivity index (χ3n) is 2.62. The maximum absolute atomic E-state index is 12.0. The van der Waals surface area contributed by atoms with Gasteiger partial charge in [0.15, 0.2) is 4.34 Å². The van der Waals surface area contributed by atoms with Crippen LogP contribution in [0.4, 0.5) is 5.69 Å². The molecule has 0 spiro atoms. The highest BCUT2D eigenvalue weighted by molar-refractivity contribution is 8.02. The molecule has 0 aliphatic rings. The van der Waals surface area contributed by atoms with Gasteiger partial charge in [-0.05, 0) is 31.0 Å². The number of nitrogens with zero attached hydrogens (tertiary/aromatic N) is 2. The second-order valence-corrected chi connectivity index (χ2v) is 6.43. The Balaban J connectivity index is 1.92. The Morgan fingerprint density at radius 1 is 1.42 bits per heavy atom. The van der Waals surface area contributed by atoms with Crippen molar-refractivity contribution in [2.75, 3.05) is 5.32 Å². The van der Waals surface area contributed by atoms with Gasteiger partial charge in [-0.25, -0.2) is 0 Å². The number of anilines is 1. The molecular formula is C13H15N3OS2. The number of rotatable bonds is 5. The van der Waals surface area contributed by atoms with Crippen LogP contribution in [0.5, 0.6) is 0 Å². The number of amides is 1. The van der Waals surface area contributed by atoms with Crippen LogP contribution in [0.3, 0.4) is 0 Å². The first-order valence-electron chi connectivity index (χ1n) is 6.01. The summed E-state index contributed by atoms with van der Waals surface area (Å²) < 4.78 is 0.809. The van der Waals surface area contributed by atoms with Gasteiger partial charge in [0.05, 0.1) is 5.25 Å². The van der Waals surface area contributed by atoms with Crippen molar-refractivity contribution in [2.24, 2.45) is 0 Å². The predicted molar refractivity (Wildman–Crippen MR) is 79.7 cm³/mol. The van der Waals surface area contributed by atoms with Gasteiger partial charge >= 0.3 is 0 Å². The molecule has 0 aliphatic heterocycles. The molecule has 4 nitrogen and oxygen atoms in total. The number of benzene rings is 1. The van der Waals surface area contributed by atoms with E-state index in [0.29, 0.717) is 0 Å². The number of carbonyl (C=O) groups excluding carboxylic acids is 1. The van der Waals surface area contributed by atoms with Crippen LogP contribution >= 0.6 is 23.1 Å². The molecule has 19 heavy (non-hydrogen) atoms. The Kier molecular flexibility index (Phi) is 4.93. The molecule has 0 radical (unpaired) electrons. The molecular weight excluding hydrogens is 278 g/mol. The summed E-state index contributed by atoms with van der Waals surface area (Å²) >= 11 is 2.86. The van der Waals surface area contributed by atoms with Crippen molar-refractivity contribution in [3.63, 3.8) is 0 Å². The van der Waals surface area contributed by atoms with E-state index in [1.807, 2.05) is 31.2 Å². The van der Waals surface area contributed by atoms with Crippen LogP contribution in [0.2, 0.25) is 0 Å². The quantitative estimate of drug-likeness (QED) is 0.860. The lowest BCUT2D eigenvalue weighted by Crippen LogP contribution is -2.22. The van der Waals surface area contributed by atoms with Crippen molar-refractivity contribution in [1.29, 1.82) is 0 Å². The van der Waals surface area contributed by atoms with Gasteiger partial charge < -0.3 is 5.32 Å². The summed E-state index contributed by atoms with van der Waals surface area (Å²) in [5, 5.41) is 10.4. The molecule has 1 heterocycles. The van der Waals surface area contributed by atoms with Crippen molar-refractivity contribution < 1.29 is 4.79 Å². The summed E-state index contributed by atoms with van der Waals surface area (Å²) in [7, 11) is 0. The lowest BCUT2D eigenvalue weighted by molar-refractivity contribution is -0.115. The minimum absolute atomic E-state index is 0.0237. The molecule has 2 aromatic rings. The summed E-state index contributed by atoms with van der Waals surface area (Å²) in [6, 6.07) is 7.91. The fourth-order valence-corrected chi connectivity index (χ4v) is 3.11. The fourth-order valence-electron chi connectivity index (χ4n) is 1.49. The second-order valence-electron chi connectivity index (χ2n) is 4.00. The van der Waals surface area contributed by atoms with E-state index in [0.717, 1.165) is 16.4 Å². The van der Waals surface area contributed by atoms with Crippen LogP contribution in [0.15, 0.2) is 34.1 Å². The van der Waals surface area contributed by atoms with Gasteiger partial charge in [0.1, 0.15) is 5.51 Å². The van der Waals surface area contributed by atoms with E-state index in [4.69, 9.17) is 0 Å². The average molecular weight is 293 g/mol. The van der Waals surface area contributed by atoms with Gasteiger partial charge in [-0.15, -0.1) is 10.2 Å². The largest absolute Gasteiger partial charge is 0.325 e. The van der Waals surface area contributed by atoms with Gasteiger partial charge in [0, 0.05) is 5.69 Å². The molecule has 0 unspecified atom stereocenters. The third kappa shape index (κ3) is 4.04. The summed E-state index contributed by atoms with van der Waals surface area (Å²) in [6.07, 6.45) is 0.998. The molecule has 1 aromatic heterocycles. The summed E-state index contributed by atoms with van der Waals surface area (Å²) in [4.78, 5) is 12.0. The molecule has 2 rings (SSSR count). The Bertz CT molecular complexity index is 525. The predicted octanol–water partition coefficient (Wildman–Crippen LogP) is 3.22. The Hall–Kier alpha value is -1.40. The zero-order valence-corrected chi connectivity index (χ0v) is 12.4. The van der Waals surface area contributed by atoms with Gasteiger partial charge in [-0.3, -0.25) is 4.79 Å². The van der Waals surface area contributed by atoms with Crippen molar-refractivity contribution in [3.8, 4) is 0 Å². The smallest absolute Gasteiger partial charge is 0.237 e. The number of aromatic nitrogens is 2.